The third-order valence-electron chi connectivity index (χ3n) is 7.18. The van der Waals surface area contributed by atoms with E-state index in [9.17, 15) is 0 Å². The van der Waals surface area contributed by atoms with Gasteiger partial charge in [0.2, 0.25) is 0 Å². The van der Waals surface area contributed by atoms with Crippen LogP contribution in [0.15, 0.2) is 70.6 Å². The van der Waals surface area contributed by atoms with Gasteiger partial charge >= 0.3 is 0 Å². The molecule has 0 amide bonds. The Balaban J connectivity index is 1.57. The van der Waals surface area contributed by atoms with Gasteiger partial charge in [-0.1, -0.05) is 88.4 Å². The van der Waals surface area contributed by atoms with E-state index in [0.29, 0.717) is 25.0 Å². The number of aliphatic imine (C=N–C) groups is 2. The zero-order chi connectivity index (χ0) is 21.8. The van der Waals surface area contributed by atoms with E-state index >= 15 is 0 Å². The molecule has 164 valence electrons. The zero-order valence-corrected chi connectivity index (χ0v) is 19.1. The van der Waals surface area contributed by atoms with E-state index in [4.69, 9.17) is 19.5 Å². The lowest BCUT2D eigenvalue weighted by Gasteiger charge is -2.29. The van der Waals surface area contributed by atoms with Gasteiger partial charge in [0.05, 0.1) is 12.1 Å². The van der Waals surface area contributed by atoms with Crippen LogP contribution >= 0.6 is 0 Å². The predicted molar refractivity (Wildman–Crippen MR) is 127 cm³/mol. The van der Waals surface area contributed by atoms with Gasteiger partial charge < -0.3 is 9.47 Å². The standard InChI is InChI=1S/C27H34N2O2/c1-5-27(6-2,25-28-23(17-30-25)19(3)21-13-9-7-10-14-21)26-29-24(18-31-26)20(4)22-15-11-8-12-16-22/h7-16,19-20,23-24H,5-6,17-18H2,1-4H3. The highest BCUT2D eigenvalue weighted by Crippen LogP contribution is 2.39. The quantitative estimate of drug-likeness (QED) is 0.528. The summed E-state index contributed by atoms with van der Waals surface area (Å²) in [5, 5.41) is 0. The molecule has 2 heterocycles. The summed E-state index contributed by atoms with van der Waals surface area (Å²) in [6.45, 7) is 10.1. The second-order valence-electron chi connectivity index (χ2n) is 8.81. The maximum absolute atomic E-state index is 6.24. The zero-order valence-electron chi connectivity index (χ0n) is 19.1. The first-order valence-electron chi connectivity index (χ1n) is 11.6. The molecule has 4 atom stereocenters. The van der Waals surface area contributed by atoms with Gasteiger partial charge in [-0.25, -0.2) is 9.98 Å². The van der Waals surface area contributed by atoms with Crippen LogP contribution in [0, 0.1) is 5.41 Å². The van der Waals surface area contributed by atoms with Gasteiger partial charge in [0.1, 0.15) is 18.6 Å². The fourth-order valence-electron chi connectivity index (χ4n) is 4.72. The molecule has 0 fully saturated rings. The minimum atomic E-state index is -0.379. The Morgan fingerprint density at radius 3 is 1.48 bits per heavy atom. The summed E-state index contributed by atoms with van der Waals surface area (Å²) in [5.74, 6) is 2.22. The van der Waals surface area contributed by atoms with Crippen molar-refractivity contribution in [1.82, 2.24) is 0 Å². The topological polar surface area (TPSA) is 43.2 Å². The van der Waals surface area contributed by atoms with Gasteiger partial charge in [0, 0.05) is 11.8 Å². The molecular weight excluding hydrogens is 384 g/mol. The molecule has 2 aliphatic rings. The Bertz CT molecular complexity index is 845. The lowest BCUT2D eigenvalue weighted by molar-refractivity contribution is 0.239. The van der Waals surface area contributed by atoms with Gasteiger partial charge in [-0.05, 0) is 24.0 Å². The molecule has 0 bridgehead atoms. The van der Waals surface area contributed by atoms with Crippen molar-refractivity contribution in [3.05, 3.63) is 71.8 Å². The molecule has 0 saturated carbocycles. The number of hydrogen-bond donors (Lipinski definition) is 0. The SMILES string of the molecule is CCC(CC)(C1=NC(C(C)c2ccccc2)CO1)C1=NC(C(C)c2ccccc2)CO1. The minimum absolute atomic E-state index is 0.121. The van der Waals surface area contributed by atoms with Crippen molar-refractivity contribution in [2.75, 3.05) is 13.2 Å². The van der Waals surface area contributed by atoms with Crippen LogP contribution in [0.2, 0.25) is 0 Å². The average molecular weight is 419 g/mol. The number of benzene rings is 2. The number of hydrogen-bond acceptors (Lipinski definition) is 4. The first-order chi connectivity index (χ1) is 15.1. The molecule has 0 spiro atoms. The molecule has 2 aromatic rings. The van der Waals surface area contributed by atoms with Crippen LogP contribution in [0.3, 0.4) is 0 Å². The highest BCUT2D eigenvalue weighted by molar-refractivity contribution is 6.06. The summed E-state index contributed by atoms with van der Waals surface area (Å²) in [5.41, 5.74) is 2.22. The summed E-state index contributed by atoms with van der Waals surface area (Å²) < 4.78 is 12.5. The predicted octanol–water partition coefficient (Wildman–Crippen LogP) is 5.99. The monoisotopic (exact) mass is 418 g/mol. The van der Waals surface area contributed by atoms with Crippen molar-refractivity contribution >= 4 is 11.8 Å². The second kappa shape index (κ2) is 9.25. The maximum Gasteiger partial charge on any atom is 0.199 e. The molecule has 4 nitrogen and oxygen atoms in total. The Hall–Kier alpha value is -2.62. The molecule has 4 heteroatoms. The molecule has 0 aliphatic carbocycles. The number of ether oxygens (including phenoxy) is 2. The van der Waals surface area contributed by atoms with Crippen molar-refractivity contribution < 1.29 is 9.47 Å². The minimum Gasteiger partial charge on any atom is -0.478 e. The van der Waals surface area contributed by atoms with Crippen LogP contribution in [0.4, 0.5) is 0 Å². The summed E-state index contributed by atoms with van der Waals surface area (Å²) in [7, 11) is 0. The summed E-state index contributed by atoms with van der Waals surface area (Å²) in [6.07, 6.45) is 1.72. The maximum atomic E-state index is 6.24. The van der Waals surface area contributed by atoms with E-state index in [1.165, 1.54) is 11.1 Å². The van der Waals surface area contributed by atoms with Gasteiger partial charge in [-0.2, -0.15) is 0 Å². The molecule has 0 aromatic heterocycles. The van der Waals surface area contributed by atoms with Gasteiger partial charge in [-0.15, -0.1) is 0 Å². The highest BCUT2D eigenvalue weighted by Gasteiger charge is 2.47. The van der Waals surface area contributed by atoms with Crippen molar-refractivity contribution in [3.8, 4) is 0 Å². The fraction of sp³-hybridized carbons (Fsp3) is 0.481. The van der Waals surface area contributed by atoms with Crippen molar-refractivity contribution in [3.63, 3.8) is 0 Å². The molecule has 0 saturated heterocycles. The first kappa shape index (κ1) is 21.6. The third kappa shape index (κ3) is 4.13. The largest absolute Gasteiger partial charge is 0.478 e. The van der Waals surface area contributed by atoms with E-state index < -0.39 is 0 Å². The van der Waals surface area contributed by atoms with Crippen LogP contribution in [0.1, 0.15) is 63.5 Å². The van der Waals surface area contributed by atoms with Crippen LogP contribution < -0.4 is 0 Å². The normalized spacial score (nSPS) is 22.8. The molecule has 4 unspecified atom stereocenters. The number of nitrogens with zero attached hydrogens (tertiary/aromatic N) is 2. The smallest absolute Gasteiger partial charge is 0.199 e. The Morgan fingerprint density at radius 2 is 1.13 bits per heavy atom. The van der Waals surface area contributed by atoms with Crippen molar-refractivity contribution in [2.45, 2.75) is 64.5 Å². The van der Waals surface area contributed by atoms with Gasteiger partial charge in [-0.3, -0.25) is 0 Å². The second-order valence-corrected chi connectivity index (χ2v) is 8.81. The van der Waals surface area contributed by atoms with Gasteiger partial charge in [0.15, 0.2) is 11.8 Å². The third-order valence-corrected chi connectivity index (χ3v) is 7.18. The fourth-order valence-corrected chi connectivity index (χ4v) is 4.72. The lowest BCUT2D eigenvalue weighted by Crippen LogP contribution is -2.39. The first-order valence-corrected chi connectivity index (χ1v) is 11.6. The molecule has 2 aliphatic heterocycles. The Kier molecular flexibility index (Phi) is 6.45. The summed E-state index contributed by atoms with van der Waals surface area (Å²) in [4.78, 5) is 10.2. The van der Waals surface area contributed by atoms with E-state index in [0.717, 1.165) is 24.6 Å². The Labute approximate surface area is 186 Å². The highest BCUT2D eigenvalue weighted by atomic mass is 16.5. The number of rotatable bonds is 8. The average Bonchev–Trinajstić information content (AvgIpc) is 3.52. The molecule has 31 heavy (non-hydrogen) atoms. The van der Waals surface area contributed by atoms with Crippen LogP contribution in [0.5, 0.6) is 0 Å². The van der Waals surface area contributed by atoms with E-state index in [1.54, 1.807) is 0 Å². The lowest BCUT2D eigenvalue weighted by atomic mass is 9.81. The molecular formula is C27H34N2O2. The van der Waals surface area contributed by atoms with Crippen molar-refractivity contribution in [2.24, 2.45) is 15.4 Å². The molecule has 4 rings (SSSR count). The molecule has 2 aromatic carbocycles. The van der Waals surface area contributed by atoms with E-state index in [2.05, 4.69) is 88.4 Å². The van der Waals surface area contributed by atoms with E-state index in [1.807, 2.05) is 0 Å². The van der Waals surface area contributed by atoms with Crippen LogP contribution in [-0.4, -0.2) is 37.1 Å². The summed E-state index contributed by atoms with van der Waals surface area (Å²) in [6, 6.07) is 21.4. The Morgan fingerprint density at radius 1 is 0.742 bits per heavy atom. The summed E-state index contributed by atoms with van der Waals surface area (Å²) >= 11 is 0. The van der Waals surface area contributed by atoms with Gasteiger partial charge in [0.25, 0.3) is 0 Å². The van der Waals surface area contributed by atoms with E-state index in [-0.39, 0.29) is 17.5 Å². The van der Waals surface area contributed by atoms with Crippen molar-refractivity contribution in [1.29, 1.82) is 0 Å². The van der Waals surface area contributed by atoms with Crippen LogP contribution in [-0.2, 0) is 9.47 Å². The molecule has 0 N–H and O–H groups in total. The molecule has 0 radical (unpaired) electrons. The van der Waals surface area contributed by atoms with Crippen LogP contribution in [0.25, 0.3) is 0 Å².